The van der Waals surface area contributed by atoms with Crippen molar-refractivity contribution in [2.24, 2.45) is 0 Å². The van der Waals surface area contributed by atoms with Crippen molar-refractivity contribution in [2.45, 2.75) is 26.7 Å². The molecule has 0 aromatic heterocycles. The molecule has 0 unspecified atom stereocenters. The number of hydrogen-bond acceptors (Lipinski definition) is 1. The number of nitrogens with one attached hydrogen (secondary N) is 1. The van der Waals surface area contributed by atoms with E-state index in [-0.39, 0.29) is 0 Å². The first kappa shape index (κ1) is 9.82. The molecule has 12 heavy (non-hydrogen) atoms. The van der Waals surface area contributed by atoms with Gasteiger partial charge in [-0.3, -0.25) is 0 Å². The zero-order valence-electron chi connectivity index (χ0n) is 7.78. The Morgan fingerprint density at radius 3 is 3.00 bits per heavy atom. The quantitative estimate of drug-likeness (QED) is 0.663. The smallest absolute Gasteiger partial charge is 0.0219 e. The summed E-state index contributed by atoms with van der Waals surface area (Å²) in [6.45, 7) is 6.14. The van der Waals surface area contributed by atoms with E-state index in [1.165, 1.54) is 11.1 Å². The summed E-state index contributed by atoms with van der Waals surface area (Å²) < 4.78 is 0. The number of allylic oxidation sites excluding steroid dienone is 2. The van der Waals surface area contributed by atoms with Gasteiger partial charge < -0.3 is 5.32 Å². The Balaban J connectivity index is 2.82. The van der Waals surface area contributed by atoms with Crippen molar-refractivity contribution >= 4 is 11.6 Å². The van der Waals surface area contributed by atoms with Crippen LogP contribution in [0.1, 0.15) is 26.7 Å². The zero-order chi connectivity index (χ0) is 8.97. The molecule has 0 saturated carbocycles. The molecule has 2 heteroatoms. The van der Waals surface area contributed by atoms with Crippen LogP contribution in [0.5, 0.6) is 0 Å². The lowest BCUT2D eigenvalue weighted by atomic mass is 9.98. The first-order chi connectivity index (χ1) is 5.75. The lowest BCUT2D eigenvalue weighted by Gasteiger charge is -2.20. The van der Waals surface area contributed by atoms with Gasteiger partial charge in [0.1, 0.15) is 0 Å². The molecule has 0 atom stereocenters. The fraction of sp³-hybridized carbons (Fsp3) is 0.600. The van der Waals surface area contributed by atoms with Crippen LogP contribution >= 0.6 is 11.6 Å². The molecule has 68 valence electrons. The average molecular weight is 186 g/mol. The van der Waals surface area contributed by atoms with E-state index < -0.39 is 0 Å². The van der Waals surface area contributed by atoms with Crippen LogP contribution in [-0.2, 0) is 0 Å². The Bertz CT molecular complexity index is 212. The molecule has 0 aromatic carbocycles. The minimum atomic E-state index is 0.932. The van der Waals surface area contributed by atoms with E-state index in [1.807, 2.05) is 6.92 Å². The van der Waals surface area contributed by atoms with E-state index in [1.54, 1.807) is 0 Å². The molecule has 1 nitrogen and oxygen atoms in total. The fourth-order valence-corrected chi connectivity index (χ4v) is 1.70. The SMILES string of the molecule is CC/C=C1/CCNC/C1=C(/C)Cl. The van der Waals surface area contributed by atoms with E-state index in [4.69, 9.17) is 11.6 Å². The Morgan fingerprint density at radius 2 is 2.42 bits per heavy atom. The highest BCUT2D eigenvalue weighted by Gasteiger charge is 2.11. The van der Waals surface area contributed by atoms with Crippen LogP contribution in [0, 0.1) is 0 Å². The van der Waals surface area contributed by atoms with Gasteiger partial charge in [-0.25, -0.2) is 0 Å². The van der Waals surface area contributed by atoms with E-state index in [0.29, 0.717) is 0 Å². The number of hydrogen-bond donors (Lipinski definition) is 1. The van der Waals surface area contributed by atoms with E-state index in [2.05, 4.69) is 18.3 Å². The van der Waals surface area contributed by atoms with E-state index in [9.17, 15) is 0 Å². The molecule has 1 aliphatic heterocycles. The fourth-order valence-electron chi connectivity index (χ4n) is 1.52. The van der Waals surface area contributed by atoms with Crippen molar-refractivity contribution in [1.82, 2.24) is 5.32 Å². The molecule has 1 heterocycles. The molecule has 0 aliphatic carbocycles. The second-order valence-corrected chi connectivity index (χ2v) is 3.64. The predicted octanol–water partition coefficient (Wildman–Crippen LogP) is 2.83. The molecular weight excluding hydrogens is 170 g/mol. The lowest BCUT2D eigenvalue weighted by molar-refractivity contribution is 0.678. The first-order valence-corrected chi connectivity index (χ1v) is 4.89. The minimum Gasteiger partial charge on any atom is -0.312 e. The third-order valence-corrected chi connectivity index (χ3v) is 2.35. The molecule has 1 N–H and O–H groups in total. The summed E-state index contributed by atoms with van der Waals surface area (Å²) in [5, 5.41) is 4.25. The maximum absolute atomic E-state index is 5.99. The summed E-state index contributed by atoms with van der Waals surface area (Å²) in [5.74, 6) is 0. The van der Waals surface area contributed by atoms with Gasteiger partial charge in [0.25, 0.3) is 0 Å². The van der Waals surface area contributed by atoms with Gasteiger partial charge in [-0.15, -0.1) is 0 Å². The van der Waals surface area contributed by atoms with Gasteiger partial charge in [-0.05, 0) is 37.5 Å². The van der Waals surface area contributed by atoms with Crippen LogP contribution < -0.4 is 5.32 Å². The maximum atomic E-state index is 5.99. The first-order valence-electron chi connectivity index (χ1n) is 4.51. The zero-order valence-corrected chi connectivity index (χ0v) is 8.54. The summed E-state index contributed by atoms with van der Waals surface area (Å²) >= 11 is 5.99. The van der Waals surface area contributed by atoms with Crippen molar-refractivity contribution in [3.63, 3.8) is 0 Å². The summed E-state index contributed by atoms with van der Waals surface area (Å²) in [5.41, 5.74) is 2.73. The van der Waals surface area contributed by atoms with Gasteiger partial charge in [0.2, 0.25) is 0 Å². The molecule has 0 aromatic rings. The van der Waals surface area contributed by atoms with Crippen LogP contribution in [0.3, 0.4) is 0 Å². The van der Waals surface area contributed by atoms with Crippen LogP contribution in [0.25, 0.3) is 0 Å². The monoisotopic (exact) mass is 185 g/mol. The Kier molecular flexibility index (Phi) is 3.83. The van der Waals surface area contributed by atoms with E-state index in [0.717, 1.165) is 31.0 Å². The standard InChI is InChI=1S/C10H16ClN/c1-3-4-9-5-6-12-7-10(9)8(2)11/h4,12H,3,5-7H2,1-2H3/b9-4-,10-8+. The average Bonchev–Trinajstić information content (AvgIpc) is 2.05. The summed E-state index contributed by atoms with van der Waals surface area (Å²) in [6.07, 6.45) is 4.50. The van der Waals surface area contributed by atoms with Crippen LogP contribution in [0.15, 0.2) is 22.3 Å². The van der Waals surface area contributed by atoms with Gasteiger partial charge in [-0.1, -0.05) is 24.6 Å². The van der Waals surface area contributed by atoms with Gasteiger partial charge >= 0.3 is 0 Å². The van der Waals surface area contributed by atoms with Gasteiger partial charge in [0.15, 0.2) is 0 Å². The highest BCUT2D eigenvalue weighted by molar-refractivity contribution is 6.29. The Morgan fingerprint density at radius 1 is 1.67 bits per heavy atom. The second kappa shape index (κ2) is 4.68. The van der Waals surface area contributed by atoms with Crippen LogP contribution in [-0.4, -0.2) is 13.1 Å². The molecule has 0 bridgehead atoms. The van der Waals surface area contributed by atoms with Gasteiger partial charge in [-0.2, -0.15) is 0 Å². The molecule has 1 aliphatic rings. The van der Waals surface area contributed by atoms with Gasteiger partial charge in [0.05, 0.1) is 0 Å². The summed E-state index contributed by atoms with van der Waals surface area (Å²) in [4.78, 5) is 0. The molecule has 0 spiro atoms. The molecule has 0 amide bonds. The second-order valence-electron chi connectivity index (χ2n) is 3.08. The normalized spacial score (nSPS) is 26.1. The Labute approximate surface area is 79.5 Å². The molecule has 0 radical (unpaired) electrons. The minimum absolute atomic E-state index is 0.932. The number of rotatable bonds is 1. The van der Waals surface area contributed by atoms with Crippen molar-refractivity contribution < 1.29 is 0 Å². The number of halogens is 1. The topological polar surface area (TPSA) is 12.0 Å². The molecule has 1 rings (SSSR count). The molecular formula is C10H16ClN. The highest BCUT2D eigenvalue weighted by Crippen LogP contribution is 2.22. The third kappa shape index (κ3) is 2.36. The largest absolute Gasteiger partial charge is 0.312 e. The van der Waals surface area contributed by atoms with Gasteiger partial charge in [0, 0.05) is 11.6 Å². The lowest BCUT2D eigenvalue weighted by Crippen LogP contribution is -2.26. The molecule has 1 fully saturated rings. The van der Waals surface area contributed by atoms with Crippen molar-refractivity contribution in [3.05, 3.63) is 22.3 Å². The summed E-state index contributed by atoms with van der Waals surface area (Å²) in [6, 6.07) is 0. The maximum Gasteiger partial charge on any atom is 0.0219 e. The van der Waals surface area contributed by atoms with Crippen molar-refractivity contribution in [3.8, 4) is 0 Å². The van der Waals surface area contributed by atoms with Crippen LogP contribution in [0.4, 0.5) is 0 Å². The van der Waals surface area contributed by atoms with Crippen LogP contribution in [0.2, 0.25) is 0 Å². The third-order valence-electron chi connectivity index (χ3n) is 2.13. The van der Waals surface area contributed by atoms with E-state index >= 15 is 0 Å². The van der Waals surface area contributed by atoms with Crippen molar-refractivity contribution in [1.29, 1.82) is 0 Å². The molecule has 1 saturated heterocycles. The Hall–Kier alpha value is -0.270. The summed E-state index contributed by atoms with van der Waals surface area (Å²) in [7, 11) is 0. The predicted molar refractivity (Wildman–Crippen MR) is 54.4 cm³/mol. The highest BCUT2D eigenvalue weighted by atomic mass is 35.5. The number of piperidine rings is 1. The van der Waals surface area contributed by atoms with Crippen molar-refractivity contribution in [2.75, 3.05) is 13.1 Å².